The quantitative estimate of drug-likeness (QED) is 0.599. The first kappa shape index (κ1) is 23.7. The third kappa shape index (κ3) is 4.04. The molecule has 3 saturated heterocycles. The number of carbonyl (C=O) groups excluding carboxylic acids is 3. The van der Waals surface area contributed by atoms with Crippen LogP contribution in [0.4, 0.5) is 0 Å². The van der Waals surface area contributed by atoms with Crippen LogP contribution in [0.5, 0.6) is 0 Å². The maximum absolute atomic E-state index is 13.9. The zero-order valence-electron chi connectivity index (χ0n) is 19.7. The number of amides is 2. The van der Waals surface area contributed by atoms with Crippen LogP contribution in [0.3, 0.4) is 0 Å². The number of carbonyl (C=O) groups is 3. The number of nitrogens with one attached hydrogen (secondary N) is 1. The van der Waals surface area contributed by atoms with Crippen LogP contribution in [0.1, 0.15) is 46.1 Å². The summed E-state index contributed by atoms with van der Waals surface area (Å²) in [5.74, 6) is -2.63. The van der Waals surface area contributed by atoms with Gasteiger partial charge in [-0.15, -0.1) is 0 Å². The van der Waals surface area contributed by atoms with Crippen LogP contribution >= 0.6 is 0 Å². The monoisotopic (exact) mass is 458 g/mol. The van der Waals surface area contributed by atoms with Crippen molar-refractivity contribution in [3.63, 3.8) is 0 Å². The molecule has 1 spiro atoms. The van der Waals surface area contributed by atoms with E-state index in [1.807, 2.05) is 51.1 Å². The summed E-state index contributed by atoms with van der Waals surface area (Å²) >= 11 is 0. The van der Waals surface area contributed by atoms with Gasteiger partial charge in [-0.3, -0.25) is 14.4 Å². The number of aliphatic hydroxyl groups excluding tert-OH is 1. The highest BCUT2D eigenvalue weighted by molar-refractivity contribution is 5.98. The molecule has 8 heteroatoms. The smallest absolute Gasteiger partial charge is 0.312 e. The Balaban J connectivity index is 1.75. The highest BCUT2D eigenvalue weighted by Crippen LogP contribution is 2.59. The molecule has 0 aromatic heterocycles. The molecule has 1 aromatic carbocycles. The van der Waals surface area contributed by atoms with E-state index in [0.29, 0.717) is 19.3 Å². The molecule has 1 aromatic rings. The molecule has 6 atom stereocenters. The summed E-state index contributed by atoms with van der Waals surface area (Å²) in [4.78, 5) is 41.9. The maximum Gasteiger partial charge on any atom is 0.312 e. The molecule has 2 N–H and O–H groups in total. The van der Waals surface area contributed by atoms with Crippen molar-refractivity contribution in [2.75, 3.05) is 13.2 Å². The van der Waals surface area contributed by atoms with Gasteiger partial charge >= 0.3 is 5.97 Å². The molecule has 0 saturated carbocycles. The normalized spacial score (nSPS) is 31.4. The fraction of sp³-hybridized carbons (Fsp3) is 0.640. The largest absolute Gasteiger partial charge is 0.466 e. The van der Waals surface area contributed by atoms with E-state index in [2.05, 4.69) is 5.32 Å². The third-order valence-electron chi connectivity index (χ3n) is 6.96. The minimum Gasteiger partial charge on any atom is -0.466 e. The van der Waals surface area contributed by atoms with Crippen LogP contribution in [-0.2, 0) is 30.3 Å². The summed E-state index contributed by atoms with van der Waals surface area (Å²) in [5, 5.41) is 13.3. The SMILES string of the molecule is CCOC(=O)[C@@H]1[C@H]2C(=O)N([C@@H](CO)Cc3ccccc3)C(C(=O)NC(C)(C)C)C23CC[C@H]1O3. The average Bonchev–Trinajstić information content (AvgIpc) is 3.39. The number of esters is 1. The first-order chi connectivity index (χ1) is 15.6. The molecular weight excluding hydrogens is 424 g/mol. The molecule has 180 valence electrons. The Morgan fingerprint density at radius 1 is 1.30 bits per heavy atom. The number of aliphatic hydroxyl groups is 1. The second-order valence-corrected chi connectivity index (χ2v) is 10.3. The molecule has 3 aliphatic heterocycles. The molecule has 3 aliphatic rings. The number of ether oxygens (including phenoxy) is 2. The van der Waals surface area contributed by atoms with Gasteiger partial charge in [0, 0.05) is 5.54 Å². The Morgan fingerprint density at radius 3 is 2.61 bits per heavy atom. The molecule has 4 rings (SSSR count). The average molecular weight is 459 g/mol. The van der Waals surface area contributed by atoms with E-state index in [1.54, 1.807) is 6.92 Å². The summed E-state index contributed by atoms with van der Waals surface area (Å²) < 4.78 is 11.6. The summed E-state index contributed by atoms with van der Waals surface area (Å²) in [6, 6.07) is 7.99. The zero-order chi connectivity index (χ0) is 24.0. The topological polar surface area (TPSA) is 105 Å². The second-order valence-electron chi connectivity index (χ2n) is 10.3. The van der Waals surface area contributed by atoms with Crippen LogP contribution in [0.2, 0.25) is 0 Å². The standard InChI is InChI=1S/C25H34N2O6/c1-5-32-23(31)18-17-11-12-25(33-17)19(18)22(30)27(20(25)21(29)26-24(2,3)4)16(14-28)13-15-9-7-6-8-10-15/h6-10,16-20,28H,5,11-14H2,1-4H3,(H,26,29)/t16-,17-,18+,19+,20?,25?/m1/s1. The van der Waals surface area contributed by atoms with Crippen molar-refractivity contribution < 1.29 is 29.0 Å². The molecule has 8 nitrogen and oxygen atoms in total. The highest BCUT2D eigenvalue weighted by Gasteiger charge is 2.75. The van der Waals surface area contributed by atoms with Crippen molar-refractivity contribution in [3.05, 3.63) is 35.9 Å². The Kier molecular flexibility index (Phi) is 6.26. The van der Waals surface area contributed by atoms with Crippen LogP contribution in [0.15, 0.2) is 30.3 Å². The van der Waals surface area contributed by atoms with Gasteiger partial charge < -0.3 is 24.8 Å². The number of benzene rings is 1. The van der Waals surface area contributed by atoms with Gasteiger partial charge in [0.05, 0.1) is 37.2 Å². The number of hydrogen-bond donors (Lipinski definition) is 2. The van der Waals surface area contributed by atoms with Crippen molar-refractivity contribution >= 4 is 17.8 Å². The van der Waals surface area contributed by atoms with Gasteiger partial charge in [-0.05, 0) is 52.5 Å². The zero-order valence-corrected chi connectivity index (χ0v) is 19.7. The summed E-state index contributed by atoms with van der Waals surface area (Å²) in [7, 11) is 0. The lowest BCUT2D eigenvalue weighted by Gasteiger charge is -2.38. The highest BCUT2D eigenvalue weighted by atomic mass is 16.6. The van der Waals surface area contributed by atoms with Crippen molar-refractivity contribution in [3.8, 4) is 0 Å². The molecule has 0 aliphatic carbocycles. The molecule has 0 radical (unpaired) electrons. The number of likely N-dealkylation sites (tertiary alicyclic amines) is 1. The lowest BCUT2D eigenvalue weighted by molar-refractivity contribution is -0.155. The van der Waals surface area contributed by atoms with Gasteiger partial charge in [-0.25, -0.2) is 0 Å². The first-order valence-corrected chi connectivity index (χ1v) is 11.8. The summed E-state index contributed by atoms with van der Waals surface area (Å²) in [6.45, 7) is 7.26. The van der Waals surface area contributed by atoms with Crippen molar-refractivity contribution in [1.29, 1.82) is 0 Å². The Hall–Kier alpha value is -2.45. The predicted octanol–water partition coefficient (Wildman–Crippen LogP) is 1.44. The van der Waals surface area contributed by atoms with E-state index in [4.69, 9.17) is 9.47 Å². The molecular formula is C25H34N2O6. The minimum absolute atomic E-state index is 0.209. The fourth-order valence-corrected chi connectivity index (χ4v) is 5.87. The molecule has 33 heavy (non-hydrogen) atoms. The number of rotatable bonds is 7. The van der Waals surface area contributed by atoms with Gasteiger partial charge in [-0.1, -0.05) is 30.3 Å². The van der Waals surface area contributed by atoms with Crippen molar-refractivity contribution in [2.24, 2.45) is 11.8 Å². The Morgan fingerprint density at radius 2 is 2.00 bits per heavy atom. The van der Waals surface area contributed by atoms with Crippen LogP contribution in [-0.4, -0.2) is 70.3 Å². The van der Waals surface area contributed by atoms with Gasteiger partial charge in [-0.2, -0.15) is 0 Å². The second kappa shape index (κ2) is 8.72. The van der Waals surface area contributed by atoms with Crippen LogP contribution in [0.25, 0.3) is 0 Å². The fourth-order valence-electron chi connectivity index (χ4n) is 5.87. The van der Waals surface area contributed by atoms with Gasteiger partial charge in [0.15, 0.2) is 0 Å². The lowest BCUT2D eigenvalue weighted by Crippen LogP contribution is -2.60. The molecule has 3 fully saturated rings. The van der Waals surface area contributed by atoms with Gasteiger partial charge in [0.25, 0.3) is 0 Å². The molecule has 2 amide bonds. The predicted molar refractivity (Wildman–Crippen MR) is 120 cm³/mol. The maximum atomic E-state index is 13.9. The number of nitrogens with zero attached hydrogens (tertiary/aromatic N) is 1. The van der Waals surface area contributed by atoms with Crippen molar-refractivity contribution in [2.45, 2.75) is 76.3 Å². The van der Waals surface area contributed by atoms with Gasteiger partial charge in [0.2, 0.25) is 11.8 Å². The number of fused-ring (bicyclic) bond motifs is 1. The van der Waals surface area contributed by atoms with Gasteiger partial charge in [0.1, 0.15) is 11.6 Å². The summed E-state index contributed by atoms with van der Waals surface area (Å²) in [6.07, 6.45) is 1.04. The molecule has 2 bridgehead atoms. The third-order valence-corrected chi connectivity index (χ3v) is 6.96. The van der Waals surface area contributed by atoms with Crippen LogP contribution < -0.4 is 5.32 Å². The van der Waals surface area contributed by atoms with E-state index < -0.39 is 47.1 Å². The minimum atomic E-state index is -1.10. The molecule has 3 heterocycles. The Labute approximate surface area is 194 Å². The van der Waals surface area contributed by atoms with E-state index in [-0.39, 0.29) is 25.0 Å². The van der Waals surface area contributed by atoms with E-state index in [1.165, 1.54) is 4.90 Å². The Bertz CT molecular complexity index is 913. The first-order valence-electron chi connectivity index (χ1n) is 11.8. The van der Waals surface area contributed by atoms with E-state index in [9.17, 15) is 19.5 Å². The summed E-state index contributed by atoms with van der Waals surface area (Å²) in [5.41, 5.74) is -0.675. The number of hydrogen-bond acceptors (Lipinski definition) is 6. The van der Waals surface area contributed by atoms with Crippen molar-refractivity contribution in [1.82, 2.24) is 10.2 Å². The van der Waals surface area contributed by atoms with E-state index >= 15 is 0 Å². The molecule has 2 unspecified atom stereocenters. The van der Waals surface area contributed by atoms with E-state index in [0.717, 1.165) is 5.56 Å². The lowest BCUT2D eigenvalue weighted by atomic mass is 9.70. The van der Waals surface area contributed by atoms with Crippen LogP contribution in [0, 0.1) is 11.8 Å².